The number of hydrogen-bond donors (Lipinski definition) is 1. The van der Waals surface area contributed by atoms with Crippen molar-refractivity contribution in [3.05, 3.63) is 43.5 Å². The van der Waals surface area contributed by atoms with Crippen molar-refractivity contribution in [2.75, 3.05) is 0 Å². The molecular weight excluding hydrogens is 348 g/mol. The fourth-order valence-corrected chi connectivity index (χ4v) is 2.27. The van der Waals surface area contributed by atoms with Gasteiger partial charge < -0.3 is 14.6 Å². The monoisotopic (exact) mass is 360 g/mol. The average Bonchev–Trinajstić information content (AvgIpc) is 2.70. The SMILES string of the molecule is CC1(C)OC=C(Cn2c(=O)c(Br)cn(CC(=O)O)c2=O)O1. The summed E-state index contributed by atoms with van der Waals surface area (Å²) in [5, 5.41) is 8.78. The van der Waals surface area contributed by atoms with Gasteiger partial charge in [0, 0.05) is 20.0 Å². The normalized spacial score (nSPS) is 16.0. The van der Waals surface area contributed by atoms with Crippen molar-refractivity contribution in [1.82, 2.24) is 9.13 Å². The lowest BCUT2D eigenvalue weighted by molar-refractivity contribution is -0.137. The highest BCUT2D eigenvalue weighted by Crippen LogP contribution is 2.24. The average molecular weight is 361 g/mol. The number of carboxylic acid groups (broad SMARTS) is 1. The van der Waals surface area contributed by atoms with E-state index in [1.807, 2.05) is 0 Å². The summed E-state index contributed by atoms with van der Waals surface area (Å²) in [5.74, 6) is -1.74. The van der Waals surface area contributed by atoms with Gasteiger partial charge in [0.15, 0.2) is 5.76 Å². The number of halogens is 1. The van der Waals surface area contributed by atoms with Crippen molar-refractivity contribution in [3.8, 4) is 0 Å². The van der Waals surface area contributed by atoms with E-state index in [2.05, 4.69) is 15.9 Å². The second-order valence-electron chi connectivity index (χ2n) is 4.88. The standard InChI is InChI=1S/C12H13BrN2O6/c1-12(2)20-6-7(21-12)3-15-10(18)8(13)4-14(11(15)19)5-9(16)17/h4,6H,3,5H2,1-2H3,(H,16,17). The van der Waals surface area contributed by atoms with Crippen LogP contribution in [0.1, 0.15) is 13.8 Å². The Morgan fingerprint density at radius 2 is 2.10 bits per heavy atom. The van der Waals surface area contributed by atoms with Gasteiger partial charge in [0.05, 0.1) is 11.0 Å². The third-order valence-corrected chi connectivity index (χ3v) is 3.21. The lowest BCUT2D eigenvalue weighted by Gasteiger charge is -2.18. The Hall–Kier alpha value is -2.03. The van der Waals surface area contributed by atoms with Gasteiger partial charge >= 0.3 is 11.7 Å². The quantitative estimate of drug-likeness (QED) is 0.838. The Balaban J connectivity index is 2.39. The number of rotatable bonds is 4. The van der Waals surface area contributed by atoms with Gasteiger partial charge in [0.1, 0.15) is 12.8 Å². The van der Waals surface area contributed by atoms with E-state index >= 15 is 0 Å². The molecule has 1 aliphatic heterocycles. The summed E-state index contributed by atoms with van der Waals surface area (Å²) in [6, 6.07) is 0. The molecule has 2 rings (SSSR count). The van der Waals surface area contributed by atoms with E-state index in [9.17, 15) is 14.4 Å². The van der Waals surface area contributed by atoms with Gasteiger partial charge in [-0.15, -0.1) is 0 Å². The molecular formula is C12H13BrN2O6. The molecule has 1 aromatic rings. The fourth-order valence-electron chi connectivity index (χ4n) is 1.81. The summed E-state index contributed by atoms with van der Waals surface area (Å²) < 4.78 is 12.5. The first-order valence-corrected chi connectivity index (χ1v) is 6.76. The number of carboxylic acids is 1. The van der Waals surface area contributed by atoms with Crippen LogP contribution in [0.15, 0.2) is 32.3 Å². The molecule has 1 N–H and O–H groups in total. The topological polar surface area (TPSA) is 99.8 Å². The minimum atomic E-state index is -1.19. The second kappa shape index (κ2) is 5.40. The van der Waals surface area contributed by atoms with Crippen LogP contribution >= 0.6 is 15.9 Å². The summed E-state index contributed by atoms with van der Waals surface area (Å²) in [6.07, 6.45) is 2.48. The molecule has 0 spiro atoms. The maximum Gasteiger partial charge on any atom is 0.332 e. The smallest absolute Gasteiger partial charge is 0.332 e. The number of aliphatic carboxylic acids is 1. The van der Waals surface area contributed by atoms with Crippen LogP contribution in [0.25, 0.3) is 0 Å². The van der Waals surface area contributed by atoms with E-state index in [-0.39, 0.29) is 11.0 Å². The van der Waals surface area contributed by atoms with Gasteiger partial charge in [-0.1, -0.05) is 0 Å². The second-order valence-corrected chi connectivity index (χ2v) is 5.73. The molecule has 114 valence electrons. The van der Waals surface area contributed by atoms with Crippen molar-refractivity contribution in [3.63, 3.8) is 0 Å². The number of carbonyl (C=O) groups is 1. The van der Waals surface area contributed by atoms with Gasteiger partial charge in [0.2, 0.25) is 5.79 Å². The largest absolute Gasteiger partial charge is 0.480 e. The first-order chi connectivity index (χ1) is 9.69. The molecule has 8 nitrogen and oxygen atoms in total. The summed E-state index contributed by atoms with van der Waals surface area (Å²) in [7, 11) is 0. The molecule has 0 amide bonds. The van der Waals surface area contributed by atoms with E-state index in [1.54, 1.807) is 13.8 Å². The maximum absolute atomic E-state index is 12.1. The summed E-state index contributed by atoms with van der Waals surface area (Å²) in [4.78, 5) is 34.9. The molecule has 2 heterocycles. The van der Waals surface area contributed by atoms with E-state index in [1.165, 1.54) is 6.26 Å². The molecule has 0 aliphatic carbocycles. The van der Waals surface area contributed by atoms with Crippen LogP contribution in [-0.4, -0.2) is 26.0 Å². The molecule has 0 unspecified atom stereocenters. The van der Waals surface area contributed by atoms with Crippen LogP contribution in [0, 0.1) is 0 Å². The fraction of sp³-hybridized carbons (Fsp3) is 0.417. The Morgan fingerprint density at radius 3 is 2.62 bits per heavy atom. The highest BCUT2D eigenvalue weighted by Gasteiger charge is 2.28. The van der Waals surface area contributed by atoms with Crippen LogP contribution < -0.4 is 11.2 Å². The molecule has 9 heteroatoms. The number of hydrogen-bond acceptors (Lipinski definition) is 5. The van der Waals surface area contributed by atoms with E-state index in [4.69, 9.17) is 14.6 Å². The summed E-state index contributed by atoms with van der Waals surface area (Å²) >= 11 is 3.02. The molecule has 0 radical (unpaired) electrons. The van der Waals surface area contributed by atoms with Crippen LogP contribution in [0.3, 0.4) is 0 Å². The first-order valence-electron chi connectivity index (χ1n) is 5.97. The van der Waals surface area contributed by atoms with Crippen molar-refractivity contribution >= 4 is 21.9 Å². The molecule has 0 aromatic carbocycles. The number of allylic oxidation sites excluding steroid dienone is 1. The number of aromatic nitrogens is 2. The number of nitrogens with zero attached hydrogens (tertiary/aromatic N) is 2. The molecule has 0 saturated carbocycles. The van der Waals surface area contributed by atoms with E-state index in [0.717, 1.165) is 15.3 Å². The van der Waals surface area contributed by atoms with E-state index < -0.39 is 29.6 Å². The third-order valence-electron chi connectivity index (χ3n) is 2.67. The lowest BCUT2D eigenvalue weighted by atomic mass is 10.4. The Morgan fingerprint density at radius 1 is 1.43 bits per heavy atom. The predicted octanol–water partition coefficient (Wildman–Crippen LogP) is 0.481. The molecule has 1 aromatic heterocycles. The summed E-state index contributed by atoms with van der Waals surface area (Å²) in [5.41, 5.74) is -1.31. The van der Waals surface area contributed by atoms with Crippen molar-refractivity contribution in [1.29, 1.82) is 0 Å². The molecule has 0 bridgehead atoms. The molecule has 0 fully saturated rings. The Bertz CT molecular complexity index is 730. The number of ether oxygens (including phenoxy) is 2. The maximum atomic E-state index is 12.1. The lowest BCUT2D eigenvalue weighted by Crippen LogP contribution is -2.41. The molecule has 0 saturated heterocycles. The summed E-state index contributed by atoms with van der Waals surface area (Å²) in [6.45, 7) is 2.69. The van der Waals surface area contributed by atoms with Gasteiger partial charge in [0.25, 0.3) is 5.56 Å². The molecule has 0 atom stereocenters. The minimum absolute atomic E-state index is 0.0853. The Kier molecular flexibility index (Phi) is 3.95. The van der Waals surface area contributed by atoms with E-state index in [0.29, 0.717) is 5.76 Å². The van der Waals surface area contributed by atoms with Gasteiger partial charge in [-0.2, -0.15) is 0 Å². The van der Waals surface area contributed by atoms with Crippen molar-refractivity contribution in [2.45, 2.75) is 32.7 Å². The third kappa shape index (κ3) is 3.35. The zero-order chi connectivity index (χ0) is 15.8. The zero-order valence-corrected chi connectivity index (χ0v) is 12.9. The Labute approximate surface area is 127 Å². The predicted molar refractivity (Wildman–Crippen MR) is 74.6 cm³/mol. The highest BCUT2D eigenvalue weighted by molar-refractivity contribution is 9.10. The van der Waals surface area contributed by atoms with Crippen LogP contribution in [0.4, 0.5) is 0 Å². The minimum Gasteiger partial charge on any atom is -0.480 e. The van der Waals surface area contributed by atoms with Gasteiger partial charge in [-0.3, -0.25) is 18.7 Å². The first kappa shape index (κ1) is 15.4. The molecule has 1 aliphatic rings. The van der Waals surface area contributed by atoms with Crippen LogP contribution in [0.2, 0.25) is 0 Å². The zero-order valence-electron chi connectivity index (χ0n) is 11.3. The van der Waals surface area contributed by atoms with Crippen molar-refractivity contribution < 1.29 is 19.4 Å². The highest BCUT2D eigenvalue weighted by atomic mass is 79.9. The van der Waals surface area contributed by atoms with Gasteiger partial charge in [-0.05, 0) is 15.9 Å². The van der Waals surface area contributed by atoms with Crippen LogP contribution in [-0.2, 0) is 27.4 Å². The van der Waals surface area contributed by atoms with Crippen LogP contribution in [0.5, 0.6) is 0 Å². The van der Waals surface area contributed by atoms with Crippen molar-refractivity contribution in [2.24, 2.45) is 0 Å². The van der Waals surface area contributed by atoms with Gasteiger partial charge in [-0.25, -0.2) is 4.79 Å². The molecule has 21 heavy (non-hydrogen) atoms.